The van der Waals surface area contributed by atoms with Crippen LogP contribution in [-0.4, -0.2) is 29.5 Å². The Hall–Kier alpha value is -0.940. The molecule has 0 aliphatic carbocycles. The maximum atomic E-state index is 13.0. The van der Waals surface area contributed by atoms with Gasteiger partial charge in [-0.25, -0.2) is 8.78 Å². The van der Waals surface area contributed by atoms with Crippen LogP contribution in [0.5, 0.6) is 0 Å². The van der Waals surface area contributed by atoms with Crippen LogP contribution in [0.15, 0.2) is 18.2 Å². The lowest BCUT2D eigenvalue weighted by Gasteiger charge is -2.27. The van der Waals surface area contributed by atoms with E-state index in [9.17, 15) is 13.6 Å². The molecule has 1 aromatic rings. The molecule has 1 heterocycles. The number of carbonyl (C=O) groups is 1. The summed E-state index contributed by atoms with van der Waals surface area (Å²) in [5.74, 6) is -2.10. The molecule has 92 valence electrons. The highest BCUT2D eigenvalue weighted by molar-refractivity contribution is 8.01. The average molecular weight is 258 g/mol. The van der Waals surface area contributed by atoms with E-state index in [-0.39, 0.29) is 16.6 Å². The molecule has 1 aromatic carbocycles. The molecule has 2 nitrogen and oxygen atoms in total. The third-order valence-electron chi connectivity index (χ3n) is 2.58. The van der Waals surface area contributed by atoms with E-state index in [4.69, 9.17) is 4.74 Å². The summed E-state index contributed by atoms with van der Waals surface area (Å²) in [5.41, 5.74) is 0.212. The molecule has 2 rings (SSSR count). The summed E-state index contributed by atoms with van der Waals surface area (Å²) in [6.07, 6.45) is 0. The van der Waals surface area contributed by atoms with Gasteiger partial charge in [-0.3, -0.25) is 4.79 Å². The van der Waals surface area contributed by atoms with Gasteiger partial charge in [0.2, 0.25) is 0 Å². The second-order valence-corrected chi connectivity index (χ2v) is 5.58. The molecule has 17 heavy (non-hydrogen) atoms. The molecule has 1 aliphatic heterocycles. The zero-order valence-corrected chi connectivity index (χ0v) is 10.1. The van der Waals surface area contributed by atoms with Crippen LogP contribution < -0.4 is 0 Å². The highest BCUT2D eigenvalue weighted by atomic mass is 32.2. The van der Waals surface area contributed by atoms with E-state index >= 15 is 0 Å². The molecule has 5 heteroatoms. The fourth-order valence-corrected chi connectivity index (χ4v) is 2.71. The molecule has 0 amide bonds. The highest BCUT2D eigenvalue weighted by Crippen LogP contribution is 2.26. The van der Waals surface area contributed by atoms with E-state index in [2.05, 4.69) is 0 Å². The topological polar surface area (TPSA) is 26.3 Å². The van der Waals surface area contributed by atoms with Gasteiger partial charge in [0, 0.05) is 5.56 Å². The predicted molar refractivity (Wildman–Crippen MR) is 62.3 cm³/mol. The van der Waals surface area contributed by atoms with E-state index in [1.165, 1.54) is 17.8 Å². The molecule has 1 atom stereocenters. The first-order valence-electron chi connectivity index (χ1n) is 5.30. The van der Waals surface area contributed by atoms with Crippen molar-refractivity contribution in [1.29, 1.82) is 0 Å². The number of ketones is 1. The van der Waals surface area contributed by atoms with E-state index in [0.717, 1.165) is 12.1 Å². The largest absolute Gasteiger partial charge is 0.379 e. The van der Waals surface area contributed by atoms with E-state index in [1.54, 1.807) is 6.92 Å². The molecule has 1 unspecified atom stereocenters. The third kappa shape index (κ3) is 2.84. The minimum Gasteiger partial charge on any atom is -0.379 e. The molecule has 1 aliphatic rings. The normalized spacial score (nSPS) is 17.6. The average Bonchev–Trinajstić information content (AvgIpc) is 2.26. The van der Waals surface area contributed by atoms with Gasteiger partial charge in [0.1, 0.15) is 0 Å². The fourth-order valence-electron chi connectivity index (χ4n) is 1.53. The van der Waals surface area contributed by atoms with E-state index in [0.29, 0.717) is 18.5 Å². The van der Waals surface area contributed by atoms with E-state index in [1.807, 2.05) is 0 Å². The van der Waals surface area contributed by atoms with Crippen molar-refractivity contribution < 1.29 is 18.3 Å². The van der Waals surface area contributed by atoms with Crippen molar-refractivity contribution in [1.82, 2.24) is 0 Å². The Bertz CT molecular complexity index is 433. The van der Waals surface area contributed by atoms with Crippen LogP contribution in [0.25, 0.3) is 0 Å². The van der Waals surface area contributed by atoms with Crippen LogP contribution in [0.3, 0.4) is 0 Å². The first-order chi connectivity index (χ1) is 8.08. The molecule has 0 spiro atoms. The molecule has 0 N–H and O–H groups in total. The fraction of sp³-hybridized carbons (Fsp3) is 0.417. The van der Waals surface area contributed by atoms with Crippen molar-refractivity contribution in [3.63, 3.8) is 0 Å². The summed E-state index contributed by atoms with van der Waals surface area (Å²) >= 11 is 1.51. The van der Waals surface area contributed by atoms with E-state index < -0.39 is 11.6 Å². The summed E-state index contributed by atoms with van der Waals surface area (Å²) in [5, 5.41) is 0.0630. The van der Waals surface area contributed by atoms with Gasteiger partial charge >= 0.3 is 0 Å². The SMILES string of the molecule is CC(SC1COC1)C(=O)c1ccc(F)c(F)c1. The first-order valence-corrected chi connectivity index (χ1v) is 6.24. The van der Waals surface area contributed by atoms with Crippen molar-refractivity contribution in [2.75, 3.05) is 13.2 Å². The Morgan fingerprint density at radius 2 is 2.12 bits per heavy atom. The number of carbonyl (C=O) groups excluding carboxylic acids is 1. The third-order valence-corrected chi connectivity index (χ3v) is 3.86. The quantitative estimate of drug-likeness (QED) is 0.777. The lowest BCUT2D eigenvalue weighted by molar-refractivity contribution is 0.0453. The van der Waals surface area contributed by atoms with Gasteiger partial charge in [-0.15, -0.1) is 11.8 Å². The number of benzene rings is 1. The van der Waals surface area contributed by atoms with Crippen molar-refractivity contribution >= 4 is 17.5 Å². The second-order valence-electron chi connectivity index (χ2n) is 3.93. The molecule has 1 fully saturated rings. The summed E-state index contributed by atoms with van der Waals surface area (Å²) < 4.78 is 30.7. The molecular weight excluding hydrogens is 246 g/mol. The molecule has 0 saturated carbocycles. The first kappa shape index (κ1) is 12.5. The van der Waals surface area contributed by atoms with Crippen LogP contribution >= 0.6 is 11.8 Å². The van der Waals surface area contributed by atoms with Crippen LogP contribution in [0.4, 0.5) is 8.78 Å². The van der Waals surface area contributed by atoms with Crippen molar-refractivity contribution in [2.45, 2.75) is 17.4 Å². The number of ether oxygens (including phenoxy) is 1. The maximum absolute atomic E-state index is 13.0. The van der Waals surface area contributed by atoms with Gasteiger partial charge in [0.05, 0.1) is 23.7 Å². The Morgan fingerprint density at radius 3 is 2.65 bits per heavy atom. The summed E-state index contributed by atoms with van der Waals surface area (Å²) in [7, 11) is 0. The van der Waals surface area contributed by atoms with Gasteiger partial charge in [0.15, 0.2) is 17.4 Å². The lowest BCUT2D eigenvalue weighted by Crippen LogP contribution is -2.33. The maximum Gasteiger partial charge on any atom is 0.175 e. The van der Waals surface area contributed by atoms with Gasteiger partial charge in [-0.1, -0.05) is 0 Å². The Kier molecular flexibility index (Phi) is 3.79. The van der Waals surface area contributed by atoms with Crippen LogP contribution in [-0.2, 0) is 4.74 Å². The highest BCUT2D eigenvalue weighted by Gasteiger charge is 2.25. The zero-order chi connectivity index (χ0) is 12.4. The van der Waals surface area contributed by atoms with Crippen molar-refractivity contribution in [2.24, 2.45) is 0 Å². The summed E-state index contributed by atoms with van der Waals surface area (Å²) in [4.78, 5) is 11.9. The molecular formula is C12H12F2O2S. The number of halogens is 2. The molecule has 0 bridgehead atoms. The van der Waals surface area contributed by atoms with Gasteiger partial charge in [0.25, 0.3) is 0 Å². The predicted octanol–water partition coefficient (Wildman–Crippen LogP) is 2.67. The second kappa shape index (κ2) is 5.14. The zero-order valence-electron chi connectivity index (χ0n) is 9.28. The van der Waals surface area contributed by atoms with Gasteiger partial charge < -0.3 is 4.74 Å². The molecule has 1 saturated heterocycles. The molecule has 0 radical (unpaired) electrons. The number of thioether (sulfide) groups is 1. The Morgan fingerprint density at radius 1 is 1.41 bits per heavy atom. The minimum absolute atomic E-state index is 0.180. The smallest absolute Gasteiger partial charge is 0.175 e. The van der Waals surface area contributed by atoms with Crippen LogP contribution in [0.2, 0.25) is 0 Å². The number of rotatable bonds is 4. The number of hydrogen-bond acceptors (Lipinski definition) is 3. The van der Waals surface area contributed by atoms with Crippen LogP contribution in [0.1, 0.15) is 17.3 Å². The standard InChI is InChI=1S/C12H12F2O2S/c1-7(17-9-5-16-6-9)12(15)8-2-3-10(13)11(14)4-8/h2-4,7,9H,5-6H2,1H3. The number of hydrogen-bond donors (Lipinski definition) is 0. The Balaban J connectivity index is 2.04. The minimum atomic E-state index is -0.986. The molecule has 0 aromatic heterocycles. The summed E-state index contributed by atoms with van der Waals surface area (Å²) in [6.45, 7) is 3.08. The van der Waals surface area contributed by atoms with Gasteiger partial charge in [-0.05, 0) is 25.1 Å². The Labute approximate surface area is 102 Å². The van der Waals surface area contributed by atoms with Crippen LogP contribution in [0, 0.1) is 11.6 Å². The van der Waals surface area contributed by atoms with Crippen molar-refractivity contribution in [3.8, 4) is 0 Å². The summed E-state index contributed by atoms with van der Waals surface area (Å²) in [6, 6.07) is 3.24. The number of Topliss-reactive ketones (excluding diaryl/α,β-unsaturated/α-hetero) is 1. The lowest BCUT2D eigenvalue weighted by atomic mass is 10.1. The van der Waals surface area contributed by atoms with Gasteiger partial charge in [-0.2, -0.15) is 0 Å². The van der Waals surface area contributed by atoms with Crippen molar-refractivity contribution in [3.05, 3.63) is 35.4 Å². The monoisotopic (exact) mass is 258 g/mol.